The Hall–Kier alpha value is -1.55. The highest BCUT2D eigenvalue weighted by molar-refractivity contribution is 7.15. The summed E-state index contributed by atoms with van der Waals surface area (Å²) < 4.78 is 0. The molecule has 0 N–H and O–H groups in total. The molecule has 3 rings (SSSR count). The molecule has 0 aromatic carbocycles. The van der Waals surface area contributed by atoms with Gasteiger partial charge in [0.25, 0.3) is 0 Å². The van der Waals surface area contributed by atoms with E-state index in [-0.39, 0.29) is 5.78 Å². The highest BCUT2D eigenvalue weighted by Crippen LogP contribution is 2.32. The Morgan fingerprint density at radius 1 is 1.29 bits per heavy atom. The van der Waals surface area contributed by atoms with E-state index < -0.39 is 0 Å². The number of hydrogen-bond donors (Lipinski definition) is 0. The van der Waals surface area contributed by atoms with E-state index in [0.29, 0.717) is 12.1 Å². The molecule has 2 aromatic heterocycles. The summed E-state index contributed by atoms with van der Waals surface area (Å²) in [5, 5.41) is 0.915. The molecule has 0 fully saturated rings. The van der Waals surface area contributed by atoms with Gasteiger partial charge in [0.1, 0.15) is 10.7 Å². The van der Waals surface area contributed by atoms with Crippen molar-refractivity contribution in [3.8, 4) is 10.6 Å². The summed E-state index contributed by atoms with van der Waals surface area (Å²) in [6.45, 7) is 1.96. The van der Waals surface area contributed by atoms with Crippen LogP contribution in [0.1, 0.15) is 33.9 Å². The number of rotatable bonds is 1. The third kappa shape index (κ3) is 1.89. The van der Waals surface area contributed by atoms with E-state index in [0.717, 1.165) is 34.0 Å². The topological polar surface area (TPSA) is 42.9 Å². The standard InChI is InChI=1S/C13H12N2OS/c1-8-5-6-9(7-14-8)13-15-12-10(16)3-2-4-11(12)17-13/h5-7H,2-4H2,1H3. The van der Waals surface area contributed by atoms with Gasteiger partial charge >= 0.3 is 0 Å². The van der Waals surface area contributed by atoms with Crippen LogP contribution in [-0.4, -0.2) is 15.8 Å². The van der Waals surface area contributed by atoms with Gasteiger partial charge in [0, 0.05) is 28.8 Å². The number of fused-ring (bicyclic) bond motifs is 1. The maximum atomic E-state index is 11.7. The molecule has 2 heterocycles. The second-order valence-electron chi connectivity index (χ2n) is 4.26. The molecule has 0 saturated heterocycles. The second-order valence-corrected chi connectivity index (χ2v) is 5.34. The SMILES string of the molecule is Cc1ccc(-c2nc3c(s2)CCCC3=O)cn1. The van der Waals surface area contributed by atoms with E-state index in [4.69, 9.17) is 0 Å². The number of carbonyl (C=O) groups is 1. The van der Waals surface area contributed by atoms with Gasteiger partial charge in [-0.2, -0.15) is 0 Å². The van der Waals surface area contributed by atoms with Gasteiger partial charge in [-0.05, 0) is 31.9 Å². The van der Waals surface area contributed by atoms with Crippen LogP contribution in [0.3, 0.4) is 0 Å². The first-order valence-electron chi connectivity index (χ1n) is 5.70. The van der Waals surface area contributed by atoms with E-state index >= 15 is 0 Å². The predicted octanol–water partition coefficient (Wildman–Crippen LogP) is 3.03. The lowest BCUT2D eigenvalue weighted by atomic mass is 10.0. The number of carbonyl (C=O) groups excluding carboxylic acids is 1. The average molecular weight is 244 g/mol. The minimum absolute atomic E-state index is 0.189. The van der Waals surface area contributed by atoms with E-state index in [1.54, 1.807) is 11.3 Å². The number of Topliss-reactive ketones (excluding diaryl/α,β-unsaturated/α-hetero) is 1. The van der Waals surface area contributed by atoms with Crippen molar-refractivity contribution in [1.82, 2.24) is 9.97 Å². The summed E-state index contributed by atoms with van der Waals surface area (Å²) >= 11 is 1.63. The second kappa shape index (κ2) is 4.04. The predicted molar refractivity (Wildman–Crippen MR) is 67.4 cm³/mol. The normalized spacial score (nSPS) is 14.8. The van der Waals surface area contributed by atoms with Crippen molar-refractivity contribution in [3.05, 3.63) is 34.6 Å². The van der Waals surface area contributed by atoms with Crippen LogP contribution in [0.15, 0.2) is 18.3 Å². The summed E-state index contributed by atoms with van der Waals surface area (Å²) in [5.41, 5.74) is 2.69. The van der Waals surface area contributed by atoms with Gasteiger partial charge in [-0.15, -0.1) is 11.3 Å². The van der Waals surface area contributed by atoms with E-state index in [2.05, 4.69) is 9.97 Å². The summed E-state index contributed by atoms with van der Waals surface area (Å²) in [4.78, 5) is 21.6. The fraction of sp³-hybridized carbons (Fsp3) is 0.308. The number of hydrogen-bond acceptors (Lipinski definition) is 4. The van der Waals surface area contributed by atoms with Crippen molar-refractivity contribution in [2.24, 2.45) is 0 Å². The molecule has 17 heavy (non-hydrogen) atoms. The molecule has 0 radical (unpaired) electrons. The molecule has 2 aromatic rings. The van der Waals surface area contributed by atoms with Gasteiger partial charge in [0.15, 0.2) is 5.78 Å². The molecular formula is C13H12N2OS. The number of ketones is 1. The first kappa shape index (κ1) is 10.6. The van der Waals surface area contributed by atoms with Gasteiger partial charge in [-0.3, -0.25) is 9.78 Å². The van der Waals surface area contributed by atoms with Crippen LogP contribution in [0, 0.1) is 6.92 Å². The van der Waals surface area contributed by atoms with Crippen molar-refractivity contribution in [1.29, 1.82) is 0 Å². The van der Waals surface area contributed by atoms with Gasteiger partial charge in [-0.1, -0.05) is 0 Å². The molecule has 0 bridgehead atoms. The fourth-order valence-corrected chi connectivity index (χ4v) is 3.10. The van der Waals surface area contributed by atoms with Crippen molar-refractivity contribution in [3.63, 3.8) is 0 Å². The molecule has 0 aliphatic heterocycles. The zero-order valence-corrected chi connectivity index (χ0v) is 10.4. The Morgan fingerprint density at radius 3 is 2.88 bits per heavy atom. The third-order valence-electron chi connectivity index (χ3n) is 2.93. The quantitative estimate of drug-likeness (QED) is 0.774. The number of thiazole rings is 1. The molecule has 1 aliphatic rings. The van der Waals surface area contributed by atoms with Crippen molar-refractivity contribution in [2.45, 2.75) is 26.2 Å². The molecule has 1 aliphatic carbocycles. The molecule has 4 heteroatoms. The van der Waals surface area contributed by atoms with Gasteiger partial charge in [-0.25, -0.2) is 4.98 Å². The molecule has 86 valence electrons. The van der Waals surface area contributed by atoms with Crippen LogP contribution in [0.4, 0.5) is 0 Å². The average Bonchev–Trinajstić information content (AvgIpc) is 2.75. The maximum Gasteiger partial charge on any atom is 0.182 e. The van der Waals surface area contributed by atoms with Crippen LogP contribution in [-0.2, 0) is 6.42 Å². The first-order chi connectivity index (χ1) is 8.24. The molecule has 0 amide bonds. The zero-order valence-electron chi connectivity index (χ0n) is 9.56. The zero-order chi connectivity index (χ0) is 11.8. The number of aryl methyl sites for hydroxylation is 2. The Balaban J connectivity index is 2.05. The molecular weight excluding hydrogens is 232 g/mol. The van der Waals surface area contributed by atoms with Crippen molar-refractivity contribution < 1.29 is 4.79 Å². The smallest absolute Gasteiger partial charge is 0.182 e. The van der Waals surface area contributed by atoms with E-state index in [9.17, 15) is 4.79 Å². The summed E-state index contributed by atoms with van der Waals surface area (Å²) in [6, 6.07) is 3.98. The molecule has 0 spiro atoms. The van der Waals surface area contributed by atoms with Crippen LogP contribution >= 0.6 is 11.3 Å². The Morgan fingerprint density at radius 2 is 2.18 bits per heavy atom. The number of aromatic nitrogens is 2. The van der Waals surface area contributed by atoms with E-state index in [1.165, 1.54) is 0 Å². The van der Waals surface area contributed by atoms with Crippen molar-refractivity contribution in [2.75, 3.05) is 0 Å². The Bertz CT molecular complexity index is 572. The lowest BCUT2D eigenvalue weighted by molar-refractivity contribution is 0.0968. The van der Waals surface area contributed by atoms with Crippen LogP contribution in [0.5, 0.6) is 0 Å². The number of nitrogens with zero attached hydrogens (tertiary/aromatic N) is 2. The fourth-order valence-electron chi connectivity index (χ4n) is 1.98. The lowest BCUT2D eigenvalue weighted by Crippen LogP contribution is -2.08. The monoisotopic (exact) mass is 244 g/mol. The third-order valence-corrected chi connectivity index (χ3v) is 4.09. The van der Waals surface area contributed by atoms with Crippen LogP contribution in [0.25, 0.3) is 10.6 Å². The highest BCUT2D eigenvalue weighted by atomic mass is 32.1. The Labute approximate surface area is 104 Å². The van der Waals surface area contributed by atoms with Crippen molar-refractivity contribution >= 4 is 17.1 Å². The summed E-state index contributed by atoms with van der Waals surface area (Å²) in [7, 11) is 0. The van der Waals surface area contributed by atoms with E-state index in [1.807, 2.05) is 25.3 Å². The summed E-state index contributed by atoms with van der Waals surface area (Å²) in [6.07, 6.45) is 4.41. The highest BCUT2D eigenvalue weighted by Gasteiger charge is 2.22. The van der Waals surface area contributed by atoms with Crippen LogP contribution in [0.2, 0.25) is 0 Å². The molecule has 0 saturated carbocycles. The largest absolute Gasteiger partial charge is 0.292 e. The summed E-state index contributed by atoms with van der Waals surface area (Å²) in [5.74, 6) is 0.189. The lowest BCUT2D eigenvalue weighted by Gasteiger charge is -2.06. The van der Waals surface area contributed by atoms with Gasteiger partial charge < -0.3 is 0 Å². The Kier molecular flexibility index (Phi) is 2.52. The minimum Gasteiger partial charge on any atom is -0.292 e. The molecule has 3 nitrogen and oxygen atoms in total. The number of pyridine rings is 1. The minimum atomic E-state index is 0.189. The molecule has 0 unspecified atom stereocenters. The molecule has 0 atom stereocenters. The van der Waals surface area contributed by atoms with Gasteiger partial charge in [0.05, 0.1) is 0 Å². The van der Waals surface area contributed by atoms with Gasteiger partial charge in [0.2, 0.25) is 0 Å². The maximum absolute atomic E-state index is 11.7. The first-order valence-corrected chi connectivity index (χ1v) is 6.51. The van der Waals surface area contributed by atoms with Crippen LogP contribution < -0.4 is 0 Å².